The van der Waals surface area contributed by atoms with Crippen LogP contribution in [0.1, 0.15) is 19.3 Å². The largest absolute Gasteiger partial charge is 0.424 e. The Morgan fingerprint density at radius 1 is 1.50 bits per heavy atom. The first-order valence-corrected chi connectivity index (χ1v) is 7.38. The molecule has 1 aliphatic rings. The quantitative estimate of drug-likeness (QED) is 0.830. The first-order valence-electron chi connectivity index (χ1n) is 6.16. The third-order valence-corrected chi connectivity index (χ3v) is 5.09. The molecule has 0 atom stereocenters. The number of aromatic nitrogens is 1. The third kappa shape index (κ3) is 2.03. The maximum absolute atomic E-state index is 5.72. The van der Waals surface area contributed by atoms with Crippen LogP contribution in [0.15, 0.2) is 22.6 Å². The Morgan fingerprint density at radius 3 is 3.00 bits per heavy atom. The second-order valence-corrected chi connectivity index (χ2v) is 6.11. The van der Waals surface area contributed by atoms with E-state index in [2.05, 4.69) is 16.6 Å². The van der Waals surface area contributed by atoms with E-state index in [0.29, 0.717) is 16.4 Å². The van der Waals surface area contributed by atoms with Gasteiger partial charge in [0.1, 0.15) is 5.52 Å². The van der Waals surface area contributed by atoms with E-state index < -0.39 is 0 Å². The highest BCUT2D eigenvalue weighted by atomic mass is 32.2. The van der Waals surface area contributed by atoms with Gasteiger partial charge in [0.2, 0.25) is 0 Å². The Morgan fingerprint density at radius 2 is 2.33 bits per heavy atom. The number of benzene rings is 1. The van der Waals surface area contributed by atoms with E-state index in [0.717, 1.165) is 17.6 Å². The average molecular weight is 263 g/mol. The summed E-state index contributed by atoms with van der Waals surface area (Å²) < 4.78 is 6.02. The van der Waals surface area contributed by atoms with Crippen LogP contribution < -0.4 is 11.1 Å². The van der Waals surface area contributed by atoms with E-state index in [1.54, 1.807) is 0 Å². The van der Waals surface area contributed by atoms with Gasteiger partial charge in [0.15, 0.2) is 5.58 Å². The van der Waals surface area contributed by atoms with Gasteiger partial charge in [0, 0.05) is 17.0 Å². The van der Waals surface area contributed by atoms with Crippen LogP contribution in [0.4, 0.5) is 11.7 Å². The average Bonchev–Trinajstić information content (AvgIpc) is 2.70. The summed E-state index contributed by atoms with van der Waals surface area (Å²) in [5.41, 5.74) is 8.02. The zero-order valence-corrected chi connectivity index (χ0v) is 11.2. The summed E-state index contributed by atoms with van der Waals surface area (Å²) in [4.78, 5) is 4.40. The Labute approximate surface area is 110 Å². The minimum atomic E-state index is 0.375. The van der Waals surface area contributed by atoms with Crippen LogP contribution in [-0.2, 0) is 0 Å². The maximum atomic E-state index is 5.72. The monoisotopic (exact) mass is 263 g/mol. The van der Waals surface area contributed by atoms with Crippen molar-refractivity contribution in [1.29, 1.82) is 0 Å². The lowest BCUT2D eigenvalue weighted by Gasteiger charge is -2.40. The summed E-state index contributed by atoms with van der Waals surface area (Å²) in [7, 11) is 0. The number of hydrogen-bond acceptors (Lipinski definition) is 5. The summed E-state index contributed by atoms with van der Waals surface area (Å²) in [6.07, 6.45) is 6.04. The topological polar surface area (TPSA) is 64.1 Å². The van der Waals surface area contributed by atoms with Gasteiger partial charge in [-0.05, 0) is 37.3 Å². The number of oxazole rings is 1. The zero-order valence-electron chi connectivity index (χ0n) is 10.4. The standard InChI is InChI=1S/C13H17N3OS/c1-18-13(5-2-6-13)8-15-12-16-10-7-9(14)3-4-11(10)17-12/h3-4,7H,2,5-6,8,14H2,1H3,(H,15,16). The van der Waals surface area contributed by atoms with Gasteiger partial charge in [0.05, 0.1) is 0 Å². The zero-order chi connectivity index (χ0) is 12.6. The van der Waals surface area contributed by atoms with Crippen LogP contribution in [0.25, 0.3) is 11.1 Å². The van der Waals surface area contributed by atoms with Crippen molar-refractivity contribution in [3.05, 3.63) is 18.2 Å². The molecule has 0 spiro atoms. The van der Waals surface area contributed by atoms with Gasteiger partial charge in [-0.3, -0.25) is 0 Å². The number of nitrogen functional groups attached to an aromatic ring is 1. The highest BCUT2D eigenvalue weighted by Gasteiger charge is 2.36. The van der Waals surface area contributed by atoms with Crippen molar-refractivity contribution in [2.24, 2.45) is 0 Å². The van der Waals surface area contributed by atoms with Crippen molar-refractivity contribution in [3.63, 3.8) is 0 Å². The fourth-order valence-electron chi connectivity index (χ4n) is 2.28. The van der Waals surface area contributed by atoms with E-state index in [4.69, 9.17) is 10.2 Å². The second kappa shape index (κ2) is 4.39. The SMILES string of the molecule is CSC1(CNc2nc3cc(N)ccc3o2)CCC1. The molecule has 0 unspecified atom stereocenters. The Balaban J connectivity index is 1.74. The third-order valence-electron chi connectivity index (χ3n) is 3.67. The van der Waals surface area contributed by atoms with E-state index >= 15 is 0 Å². The molecule has 0 bridgehead atoms. The molecule has 5 heteroatoms. The number of nitrogens with one attached hydrogen (secondary N) is 1. The molecule has 1 aromatic carbocycles. The first kappa shape index (κ1) is 11.7. The molecule has 3 N–H and O–H groups in total. The van der Waals surface area contributed by atoms with Gasteiger partial charge in [-0.1, -0.05) is 6.42 Å². The summed E-state index contributed by atoms with van der Waals surface area (Å²) in [6.45, 7) is 0.913. The molecule has 0 radical (unpaired) electrons. The van der Waals surface area contributed by atoms with Crippen LogP contribution in [0.2, 0.25) is 0 Å². The lowest BCUT2D eigenvalue weighted by molar-refractivity contribution is 0.377. The molecule has 1 fully saturated rings. The van der Waals surface area contributed by atoms with Crippen molar-refractivity contribution < 1.29 is 4.42 Å². The summed E-state index contributed by atoms with van der Waals surface area (Å²) in [5.74, 6) is 0. The first-order chi connectivity index (χ1) is 8.71. The van der Waals surface area contributed by atoms with Crippen molar-refractivity contribution in [1.82, 2.24) is 4.98 Å². The van der Waals surface area contributed by atoms with Crippen LogP contribution in [0, 0.1) is 0 Å². The molecule has 3 rings (SSSR count). The van der Waals surface area contributed by atoms with Gasteiger partial charge in [-0.2, -0.15) is 16.7 Å². The molecule has 96 valence electrons. The summed E-state index contributed by atoms with van der Waals surface area (Å²) in [6, 6.07) is 6.11. The van der Waals surface area contributed by atoms with Gasteiger partial charge >= 0.3 is 0 Å². The molecule has 0 aliphatic heterocycles. The summed E-state index contributed by atoms with van der Waals surface area (Å²) in [5, 5.41) is 3.31. The fraction of sp³-hybridized carbons (Fsp3) is 0.462. The number of anilines is 2. The Hall–Kier alpha value is -1.36. The Kier molecular flexibility index (Phi) is 2.86. The molecule has 1 heterocycles. The smallest absolute Gasteiger partial charge is 0.295 e. The molecular weight excluding hydrogens is 246 g/mol. The number of nitrogens with two attached hydrogens (primary N) is 1. The van der Waals surface area contributed by atoms with Crippen LogP contribution in [0.5, 0.6) is 0 Å². The van der Waals surface area contributed by atoms with E-state index in [1.807, 2.05) is 30.0 Å². The molecule has 1 saturated carbocycles. The molecule has 0 saturated heterocycles. The van der Waals surface area contributed by atoms with Gasteiger partial charge < -0.3 is 15.5 Å². The van der Waals surface area contributed by atoms with Crippen molar-refractivity contribution in [2.45, 2.75) is 24.0 Å². The molecular formula is C13H17N3OS. The Bertz CT molecular complexity index is 557. The normalized spacial score (nSPS) is 17.6. The van der Waals surface area contributed by atoms with E-state index in [-0.39, 0.29) is 0 Å². The van der Waals surface area contributed by atoms with Crippen molar-refractivity contribution in [3.8, 4) is 0 Å². The minimum absolute atomic E-state index is 0.375. The van der Waals surface area contributed by atoms with Gasteiger partial charge in [-0.15, -0.1) is 0 Å². The fourth-order valence-corrected chi connectivity index (χ4v) is 3.19. The number of thioether (sulfide) groups is 1. The van der Waals surface area contributed by atoms with Gasteiger partial charge in [-0.25, -0.2) is 0 Å². The predicted molar refractivity (Wildman–Crippen MR) is 77.0 cm³/mol. The van der Waals surface area contributed by atoms with Crippen LogP contribution in [0.3, 0.4) is 0 Å². The summed E-state index contributed by atoms with van der Waals surface area (Å²) >= 11 is 1.94. The van der Waals surface area contributed by atoms with Crippen LogP contribution in [-0.4, -0.2) is 22.5 Å². The van der Waals surface area contributed by atoms with E-state index in [9.17, 15) is 0 Å². The van der Waals surface area contributed by atoms with Gasteiger partial charge in [0.25, 0.3) is 6.01 Å². The lowest BCUT2D eigenvalue weighted by Crippen LogP contribution is -2.40. The molecule has 2 aromatic rings. The second-order valence-electron chi connectivity index (χ2n) is 4.84. The number of rotatable bonds is 4. The highest BCUT2D eigenvalue weighted by Crippen LogP contribution is 2.42. The van der Waals surface area contributed by atoms with E-state index in [1.165, 1.54) is 19.3 Å². The highest BCUT2D eigenvalue weighted by molar-refractivity contribution is 8.00. The van der Waals surface area contributed by atoms with Crippen molar-refractivity contribution in [2.75, 3.05) is 23.9 Å². The lowest BCUT2D eigenvalue weighted by atomic mass is 9.84. The number of hydrogen-bond donors (Lipinski definition) is 2. The molecule has 4 nitrogen and oxygen atoms in total. The molecule has 1 aromatic heterocycles. The number of fused-ring (bicyclic) bond motifs is 1. The van der Waals surface area contributed by atoms with Crippen molar-refractivity contribution >= 4 is 34.6 Å². The molecule has 0 amide bonds. The maximum Gasteiger partial charge on any atom is 0.295 e. The molecule has 18 heavy (non-hydrogen) atoms. The molecule has 1 aliphatic carbocycles. The predicted octanol–water partition coefficient (Wildman–Crippen LogP) is 3.11. The number of nitrogens with zero attached hydrogens (tertiary/aromatic N) is 1. The minimum Gasteiger partial charge on any atom is -0.424 e. The van der Waals surface area contributed by atoms with Crippen LogP contribution >= 0.6 is 11.8 Å².